The summed E-state index contributed by atoms with van der Waals surface area (Å²) in [6, 6.07) is -0.747. The van der Waals surface area contributed by atoms with Crippen LogP contribution >= 0.6 is 0 Å². The number of nitrogens with zero attached hydrogens (tertiary/aromatic N) is 2. The summed E-state index contributed by atoms with van der Waals surface area (Å²) in [5.74, 6) is -0.411. The molecule has 0 aromatic heterocycles. The minimum Gasteiger partial charge on any atom is -0.354 e. The minimum atomic E-state index is -0.449. The third-order valence-corrected chi connectivity index (χ3v) is 6.57. The zero-order valence-corrected chi connectivity index (χ0v) is 20.6. The monoisotopic (exact) mass is 460 g/mol. The molecule has 0 saturated carbocycles. The summed E-state index contributed by atoms with van der Waals surface area (Å²) >= 11 is 0. The fourth-order valence-electron chi connectivity index (χ4n) is 4.60. The highest BCUT2D eigenvalue weighted by Gasteiger charge is 2.35. The standard InChI is InChI=1S/C25H40N4O4/c1-18(2)22(28(4)23(31)16-26-17-30)15-19(3)25(33)29-14-8-11-21(29)24(32)27-13-12-20-9-6-5-7-10-20/h9,15,17-18,21-22H,5-8,10-14,16H2,1-4H3,(H,26,30)(H,27,32)/b19-15+/t21-,22+/m0/s1. The van der Waals surface area contributed by atoms with Gasteiger partial charge in [-0.05, 0) is 57.8 Å². The summed E-state index contributed by atoms with van der Waals surface area (Å²) < 4.78 is 0. The Balaban J connectivity index is 1.99. The van der Waals surface area contributed by atoms with E-state index >= 15 is 0 Å². The van der Waals surface area contributed by atoms with Gasteiger partial charge in [-0.25, -0.2) is 0 Å². The predicted octanol–water partition coefficient (Wildman–Crippen LogP) is 2.16. The third-order valence-electron chi connectivity index (χ3n) is 6.57. The molecular formula is C25H40N4O4. The molecule has 0 radical (unpaired) electrons. The van der Waals surface area contributed by atoms with E-state index in [1.807, 2.05) is 13.8 Å². The van der Waals surface area contributed by atoms with E-state index in [1.165, 1.54) is 18.4 Å². The second-order valence-electron chi connectivity index (χ2n) is 9.39. The molecule has 0 aromatic rings. The average Bonchev–Trinajstić information content (AvgIpc) is 3.30. The second-order valence-corrected chi connectivity index (χ2v) is 9.39. The molecule has 1 saturated heterocycles. The van der Waals surface area contributed by atoms with Crippen LogP contribution in [0.1, 0.15) is 65.7 Å². The van der Waals surface area contributed by atoms with Crippen molar-refractivity contribution >= 4 is 24.1 Å². The van der Waals surface area contributed by atoms with Crippen LogP contribution in [0.25, 0.3) is 0 Å². The molecule has 33 heavy (non-hydrogen) atoms. The van der Waals surface area contributed by atoms with Crippen LogP contribution in [0.2, 0.25) is 0 Å². The van der Waals surface area contributed by atoms with Gasteiger partial charge in [0.1, 0.15) is 6.04 Å². The van der Waals surface area contributed by atoms with Crippen LogP contribution in [0.4, 0.5) is 0 Å². The first-order valence-corrected chi connectivity index (χ1v) is 12.1. The number of rotatable bonds is 11. The summed E-state index contributed by atoms with van der Waals surface area (Å²) in [4.78, 5) is 52.1. The molecule has 8 nitrogen and oxygen atoms in total. The van der Waals surface area contributed by atoms with Gasteiger partial charge in [0.15, 0.2) is 0 Å². The molecule has 0 unspecified atom stereocenters. The molecule has 2 aliphatic rings. The van der Waals surface area contributed by atoms with Crippen LogP contribution in [-0.2, 0) is 19.2 Å². The van der Waals surface area contributed by atoms with Crippen LogP contribution in [0.5, 0.6) is 0 Å². The van der Waals surface area contributed by atoms with E-state index in [0.717, 1.165) is 25.7 Å². The molecule has 0 spiro atoms. The molecule has 0 bridgehead atoms. The number of allylic oxidation sites excluding steroid dienone is 1. The van der Waals surface area contributed by atoms with Crippen molar-refractivity contribution in [2.24, 2.45) is 5.92 Å². The number of amides is 4. The highest BCUT2D eigenvalue weighted by Crippen LogP contribution is 2.22. The SMILES string of the molecule is C/C(=C\[C@H](C(C)C)N(C)C(=O)CNC=O)C(=O)N1CCC[C@H]1C(=O)NCCC1=CCCCC1. The van der Waals surface area contributed by atoms with Crippen LogP contribution in [0.3, 0.4) is 0 Å². The van der Waals surface area contributed by atoms with Gasteiger partial charge in [-0.15, -0.1) is 0 Å². The lowest BCUT2D eigenvalue weighted by atomic mass is 9.97. The van der Waals surface area contributed by atoms with Crippen molar-refractivity contribution in [2.45, 2.75) is 77.8 Å². The molecule has 2 N–H and O–H groups in total. The highest BCUT2D eigenvalue weighted by atomic mass is 16.2. The van der Waals surface area contributed by atoms with E-state index in [1.54, 1.807) is 29.8 Å². The quantitative estimate of drug-likeness (QED) is 0.280. The maximum absolute atomic E-state index is 13.2. The van der Waals surface area contributed by atoms with Gasteiger partial charge in [0.25, 0.3) is 0 Å². The molecule has 184 valence electrons. The minimum absolute atomic E-state index is 0.0738. The van der Waals surface area contributed by atoms with E-state index in [9.17, 15) is 19.2 Å². The van der Waals surface area contributed by atoms with E-state index in [0.29, 0.717) is 31.5 Å². The molecule has 1 fully saturated rings. The Morgan fingerprint density at radius 1 is 1.24 bits per heavy atom. The second kappa shape index (κ2) is 13.2. The molecule has 2 rings (SSSR count). The van der Waals surface area contributed by atoms with Gasteiger partial charge in [-0.3, -0.25) is 19.2 Å². The first-order chi connectivity index (χ1) is 15.8. The van der Waals surface area contributed by atoms with E-state index < -0.39 is 6.04 Å². The van der Waals surface area contributed by atoms with Crippen molar-refractivity contribution in [1.82, 2.24) is 20.4 Å². The van der Waals surface area contributed by atoms with E-state index in [2.05, 4.69) is 16.7 Å². The summed E-state index contributed by atoms with van der Waals surface area (Å²) in [7, 11) is 1.67. The van der Waals surface area contributed by atoms with Crippen molar-refractivity contribution in [3.05, 3.63) is 23.3 Å². The molecule has 1 aliphatic heterocycles. The van der Waals surface area contributed by atoms with E-state index in [4.69, 9.17) is 0 Å². The number of hydrogen-bond donors (Lipinski definition) is 2. The maximum Gasteiger partial charge on any atom is 0.249 e. The lowest BCUT2D eigenvalue weighted by Crippen LogP contribution is -2.47. The Hall–Kier alpha value is -2.64. The molecule has 8 heteroatoms. The molecule has 2 atom stereocenters. The lowest BCUT2D eigenvalue weighted by molar-refractivity contribution is -0.135. The number of hydrogen-bond acceptors (Lipinski definition) is 4. The largest absolute Gasteiger partial charge is 0.354 e. The summed E-state index contributed by atoms with van der Waals surface area (Å²) in [5, 5.41) is 5.41. The lowest BCUT2D eigenvalue weighted by Gasteiger charge is -2.30. The summed E-state index contributed by atoms with van der Waals surface area (Å²) in [6.45, 7) is 6.76. The number of likely N-dealkylation sites (tertiary alicyclic amines) is 1. The van der Waals surface area contributed by atoms with Gasteiger partial charge < -0.3 is 20.4 Å². The maximum atomic E-state index is 13.2. The van der Waals surface area contributed by atoms with Crippen molar-refractivity contribution in [1.29, 1.82) is 0 Å². The number of likely N-dealkylation sites (N-methyl/N-ethyl adjacent to an activating group) is 1. The van der Waals surface area contributed by atoms with Gasteiger partial charge in [0, 0.05) is 25.7 Å². The van der Waals surface area contributed by atoms with Crippen molar-refractivity contribution < 1.29 is 19.2 Å². The van der Waals surface area contributed by atoms with Gasteiger partial charge >= 0.3 is 0 Å². The van der Waals surface area contributed by atoms with Crippen molar-refractivity contribution in [2.75, 3.05) is 26.7 Å². The normalized spacial score (nSPS) is 19.7. The Morgan fingerprint density at radius 3 is 2.64 bits per heavy atom. The number of carbonyl (C=O) groups is 4. The Morgan fingerprint density at radius 2 is 2.00 bits per heavy atom. The van der Waals surface area contributed by atoms with E-state index in [-0.39, 0.29) is 36.2 Å². The Labute approximate surface area is 197 Å². The van der Waals surface area contributed by atoms with Gasteiger partial charge in [-0.2, -0.15) is 0 Å². The fraction of sp³-hybridized carbons (Fsp3) is 0.680. The smallest absolute Gasteiger partial charge is 0.249 e. The first kappa shape index (κ1) is 26.6. The Kier molecular flexibility index (Phi) is 10.6. The topological polar surface area (TPSA) is 98.8 Å². The van der Waals surface area contributed by atoms with Crippen molar-refractivity contribution in [3.8, 4) is 0 Å². The molecule has 0 aromatic carbocycles. The van der Waals surface area contributed by atoms with Crippen molar-refractivity contribution in [3.63, 3.8) is 0 Å². The van der Waals surface area contributed by atoms with Crippen LogP contribution in [0, 0.1) is 5.92 Å². The fourth-order valence-corrected chi connectivity index (χ4v) is 4.60. The molecule has 1 heterocycles. The zero-order chi connectivity index (χ0) is 24.4. The molecular weight excluding hydrogens is 420 g/mol. The average molecular weight is 461 g/mol. The summed E-state index contributed by atoms with van der Waals surface area (Å²) in [5.41, 5.74) is 1.94. The third kappa shape index (κ3) is 7.72. The highest BCUT2D eigenvalue weighted by molar-refractivity contribution is 5.97. The van der Waals surface area contributed by atoms with Gasteiger partial charge in [-0.1, -0.05) is 31.6 Å². The van der Waals surface area contributed by atoms with Gasteiger partial charge in [0.2, 0.25) is 24.1 Å². The number of nitrogens with one attached hydrogen (secondary N) is 2. The molecule has 4 amide bonds. The predicted molar refractivity (Wildman–Crippen MR) is 128 cm³/mol. The molecule has 1 aliphatic carbocycles. The first-order valence-electron chi connectivity index (χ1n) is 12.1. The van der Waals surface area contributed by atoms with Crippen LogP contribution < -0.4 is 10.6 Å². The Bertz CT molecular complexity index is 774. The van der Waals surface area contributed by atoms with Crippen LogP contribution in [-0.4, -0.2) is 72.7 Å². The zero-order valence-electron chi connectivity index (χ0n) is 20.6. The van der Waals surface area contributed by atoms with Gasteiger partial charge in [0.05, 0.1) is 12.6 Å². The number of carbonyl (C=O) groups excluding carboxylic acids is 4. The summed E-state index contributed by atoms with van der Waals surface area (Å²) in [6.07, 6.45) is 11.6. The van der Waals surface area contributed by atoms with Crippen LogP contribution in [0.15, 0.2) is 23.3 Å².